The van der Waals surface area contributed by atoms with E-state index in [1.54, 1.807) is 34.2 Å². The van der Waals surface area contributed by atoms with Gasteiger partial charge in [-0.3, -0.25) is 14.2 Å². The fourth-order valence-electron chi connectivity index (χ4n) is 3.74. The molecule has 3 aromatic rings. The average molecular weight is 416 g/mol. The summed E-state index contributed by atoms with van der Waals surface area (Å²) in [5.74, 6) is -0.0145. The number of aromatic nitrogens is 2. The topological polar surface area (TPSA) is 55.2 Å². The number of hydrogen-bond donors (Lipinski definition) is 0. The van der Waals surface area contributed by atoms with Gasteiger partial charge in [0.15, 0.2) is 0 Å². The smallest absolute Gasteiger partial charge is 0.262 e. The number of thiophene rings is 1. The molecule has 0 unspecified atom stereocenters. The largest absolute Gasteiger partial charge is 0.341 e. The molecule has 4 rings (SSSR count). The number of carbonyl (C=O) groups is 1. The molecule has 146 valence electrons. The minimum atomic E-state index is -0.0188. The van der Waals surface area contributed by atoms with Crippen LogP contribution in [0, 0.1) is 0 Å². The van der Waals surface area contributed by atoms with Crippen molar-refractivity contribution in [2.75, 3.05) is 7.05 Å². The van der Waals surface area contributed by atoms with Crippen LogP contribution in [0.1, 0.15) is 35.3 Å². The van der Waals surface area contributed by atoms with Crippen molar-refractivity contribution in [2.45, 2.75) is 45.2 Å². The fraction of sp³-hybridized carbons (Fsp3) is 0.381. The molecule has 0 bridgehead atoms. The van der Waals surface area contributed by atoms with E-state index in [1.165, 1.54) is 16.9 Å². The van der Waals surface area contributed by atoms with Crippen molar-refractivity contribution in [2.24, 2.45) is 0 Å². The minimum Gasteiger partial charge on any atom is -0.341 e. The Morgan fingerprint density at radius 3 is 2.96 bits per heavy atom. The lowest BCUT2D eigenvalue weighted by Gasteiger charge is -2.18. The molecule has 1 aromatic carbocycles. The van der Waals surface area contributed by atoms with Crippen molar-refractivity contribution in [1.82, 2.24) is 14.5 Å². The Bertz CT molecular complexity index is 1090. The number of aryl methyl sites for hydroxylation is 3. The Morgan fingerprint density at radius 1 is 1.32 bits per heavy atom. The van der Waals surface area contributed by atoms with Gasteiger partial charge in [0, 0.05) is 36.5 Å². The second-order valence-electron chi connectivity index (χ2n) is 7.26. The standard InChI is InChI=1S/C21H22ClN3O2S/c1-24(12-14-5-4-6-15(22)11-14)18(26)9-10-25-13-23-20-19(21(25)27)16-7-2-3-8-17(16)28-20/h4-6,11,13H,2-3,7-10,12H2,1H3. The van der Waals surface area contributed by atoms with Gasteiger partial charge < -0.3 is 4.90 Å². The van der Waals surface area contributed by atoms with E-state index in [1.807, 2.05) is 24.3 Å². The van der Waals surface area contributed by atoms with E-state index in [0.29, 0.717) is 18.1 Å². The number of halogens is 1. The van der Waals surface area contributed by atoms with Crippen molar-refractivity contribution in [3.63, 3.8) is 0 Å². The van der Waals surface area contributed by atoms with Gasteiger partial charge in [-0.25, -0.2) is 4.98 Å². The maximum Gasteiger partial charge on any atom is 0.262 e. The zero-order valence-electron chi connectivity index (χ0n) is 15.8. The van der Waals surface area contributed by atoms with Gasteiger partial charge in [0.25, 0.3) is 5.56 Å². The number of nitrogens with zero attached hydrogens (tertiary/aromatic N) is 3. The Labute approximate surface area is 172 Å². The molecule has 1 aliphatic rings. The highest BCUT2D eigenvalue weighted by molar-refractivity contribution is 7.18. The molecule has 0 saturated heterocycles. The first-order valence-corrected chi connectivity index (χ1v) is 10.7. The third-order valence-electron chi connectivity index (χ3n) is 5.24. The summed E-state index contributed by atoms with van der Waals surface area (Å²) in [6.45, 7) is 0.828. The van der Waals surface area contributed by atoms with Crippen molar-refractivity contribution < 1.29 is 4.79 Å². The van der Waals surface area contributed by atoms with E-state index >= 15 is 0 Å². The summed E-state index contributed by atoms with van der Waals surface area (Å²) < 4.78 is 1.58. The Morgan fingerprint density at radius 2 is 2.14 bits per heavy atom. The Balaban J connectivity index is 1.47. The van der Waals surface area contributed by atoms with Crippen LogP contribution in [-0.4, -0.2) is 27.4 Å². The molecule has 0 atom stereocenters. The van der Waals surface area contributed by atoms with Crippen LogP contribution in [0.2, 0.25) is 5.02 Å². The quantitative estimate of drug-likeness (QED) is 0.632. The van der Waals surface area contributed by atoms with Crippen LogP contribution in [0.4, 0.5) is 0 Å². The first-order chi connectivity index (χ1) is 13.5. The highest BCUT2D eigenvalue weighted by Crippen LogP contribution is 2.33. The molecule has 5 nitrogen and oxygen atoms in total. The number of benzene rings is 1. The number of hydrogen-bond acceptors (Lipinski definition) is 4. The normalized spacial score (nSPS) is 13.5. The maximum atomic E-state index is 13.0. The van der Waals surface area contributed by atoms with Crippen LogP contribution < -0.4 is 5.56 Å². The summed E-state index contributed by atoms with van der Waals surface area (Å²) in [6.07, 6.45) is 6.15. The molecule has 2 heterocycles. The summed E-state index contributed by atoms with van der Waals surface area (Å²) in [5, 5.41) is 1.42. The van der Waals surface area contributed by atoms with Crippen molar-refractivity contribution in [3.05, 3.63) is 62.0 Å². The van der Waals surface area contributed by atoms with E-state index < -0.39 is 0 Å². The molecule has 2 aromatic heterocycles. The van der Waals surface area contributed by atoms with Gasteiger partial charge in [0.1, 0.15) is 4.83 Å². The van der Waals surface area contributed by atoms with Crippen LogP contribution in [0.3, 0.4) is 0 Å². The zero-order valence-corrected chi connectivity index (χ0v) is 17.4. The van der Waals surface area contributed by atoms with Crippen molar-refractivity contribution in [3.8, 4) is 0 Å². The van der Waals surface area contributed by atoms with Crippen LogP contribution in [0.5, 0.6) is 0 Å². The van der Waals surface area contributed by atoms with Crippen molar-refractivity contribution in [1.29, 1.82) is 0 Å². The van der Waals surface area contributed by atoms with Crippen molar-refractivity contribution >= 4 is 39.1 Å². The number of amides is 1. The fourth-order valence-corrected chi connectivity index (χ4v) is 5.18. The lowest BCUT2D eigenvalue weighted by Crippen LogP contribution is -2.29. The van der Waals surface area contributed by atoms with Crippen LogP contribution >= 0.6 is 22.9 Å². The van der Waals surface area contributed by atoms with Crippen LogP contribution in [0.15, 0.2) is 35.4 Å². The second kappa shape index (κ2) is 8.05. The van der Waals surface area contributed by atoms with Crippen LogP contribution in [-0.2, 0) is 30.7 Å². The lowest BCUT2D eigenvalue weighted by atomic mass is 9.97. The summed E-state index contributed by atoms with van der Waals surface area (Å²) in [6, 6.07) is 7.48. The Hall–Kier alpha value is -2.18. The van der Waals surface area contributed by atoms with E-state index in [0.717, 1.165) is 35.0 Å². The summed E-state index contributed by atoms with van der Waals surface area (Å²) in [5.41, 5.74) is 2.14. The summed E-state index contributed by atoms with van der Waals surface area (Å²) >= 11 is 7.65. The first kappa shape index (κ1) is 19.2. The zero-order chi connectivity index (χ0) is 19.7. The molecule has 7 heteroatoms. The van der Waals surface area contributed by atoms with Gasteiger partial charge in [-0.2, -0.15) is 0 Å². The van der Waals surface area contributed by atoms with Gasteiger partial charge in [0.2, 0.25) is 5.91 Å². The van der Waals surface area contributed by atoms with Gasteiger partial charge in [-0.1, -0.05) is 23.7 Å². The predicted molar refractivity (Wildman–Crippen MR) is 113 cm³/mol. The average Bonchev–Trinajstić information content (AvgIpc) is 3.06. The van der Waals surface area contributed by atoms with Gasteiger partial charge in [0.05, 0.1) is 11.7 Å². The molecule has 0 spiro atoms. The van der Waals surface area contributed by atoms with E-state index in [-0.39, 0.29) is 17.9 Å². The number of carbonyl (C=O) groups excluding carboxylic acids is 1. The van der Waals surface area contributed by atoms with Gasteiger partial charge >= 0.3 is 0 Å². The van der Waals surface area contributed by atoms with E-state index in [9.17, 15) is 9.59 Å². The summed E-state index contributed by atoms with van der Waals surface area (Å²) in [7, 11) is 1.77. The number of rotatable bonds is 5. The van der Waals surface area contributed by atoms with Crippen LogP contribution in [0.25, 0.3) is 10.2 Å². The lowest BCUT2D eigenvalue weighted by molar-refractivity contribution is -0.130. The minimum absolute atomic E-state index is 0.0145. The van der Waals surface area contributed by atoms with E-state index in [2.05, 4.69) is 4.98 Å². The highest BCUT2D eigenvalue weighted by atomic mass is 35.5. The highest BCUT2D eigenvalue weighted by Gasteiger charge is 2.20. The Kier molecular flexibility index (Phi) is 5.51. The molecule has 1 aliphatic carbocycles. The number of fused-ring (bicyclic) bond motifs is 3. The molecule has 0 saturated carbocycles. The molecular weight excluding hydrogens is 394 g/mol. The molecule has 28 heavy (non-hydrogen) atoms. The predicted octanol–water partition coefficient (Wildman–Crippen LogP) is 4.04. The monoisotopic (exact) mass is 415 g/mol. The summed E-state index contributed by atoms with van der Waals surface area (Å²) in [4.78, 5) is 33.8. The van der Waals surface area contributed by atoms with E-state index in [4.69, 9.17) is 11.6 Å². The molecule has 0 N–H and O–H groups in total. The first-order valence-electron chi connectivity index (χ1n) is 9.51. The van der Waals surface area contributed by atoms with Gasteiger partial charge in [-0.15, -0.1) is 11.3 Å². The second-order valence-corrected chi connectivity index (χ2v) is 8.78. The molecule has 1 amide bonds. The molecule has 0 radical (unpaired) electrons. The maximum absolute atomic E-state index is 13.0. The third-order valence-corrected chi connectivity index (χ3v) is 6.68. The molecule has 0 fully saturated rings. The SMILES string of the molecule is CN(Cc1cccc(Cl)c1)C(=O)CCn1cnc2sc3c(c2c1=O)CCCC3. The van der Waals surface area contributed by atoms with Gasteiger partial charge in [-0.05, 0) is 48.9 Å². The molecule has 0 aliphatic heterocycles. The third kappa shape index (κ3) is 3.84. The molecular formula is C21H22ClN3O2S.